The maximum Gasteiger partial charge on any atom is 0.267 e. The molecule has 0 atom stereocenters. The summed E-state index contributed by atoms with van der Waals surface area (Å²) in [4.78, 5) is 11.3. The van der Waals surface area contributed by atoms with E-state index in [1.807, 2.05) is 44.2 Å². The highest BCUT2D eigenvalue weighted by molar-refractivity contribution is 8.51. The van der Waals surface area contributed by atoms with Crippen LogP contribution in [0.5, 0.6) is 0 Å². The molecule has 0 fully saturated rings. The number of nitrogens with zero attached hydrogens (tertiary/aromatic N) is 2. The average molecular weight is 404 g/mol. The van der Waals surface area contributed by atoms with Crippen LogP contribution in [0.2, 0.25) is 0 Å². The predicted octanol–water partition coefficient (Wildman–Crippen LogP) is 3.63. The summed E-state index contributed by atoms with van der Waals surface area (Å²) in [6, 6.07) is 13.0. The summed E-state index contributed by atoms with van der Waals surface area (Å²) in [5.74, 6) is 0.291. The number of thiol groups is 1. The average Bonchev–Trinajstić information content (AvgIpc) is 2.56. The molecule has 1 aromatic carbocycles. The van der Waals surface area contributed by atoms with Gasteiger partial charge in [0, 0.05) is 24.8 Å². The van der Waals surface area contributed by atoms with E-state index in [1.165, 1.54) is 10.7 Å². The summed E-state index contributed by atoms with van der Waals surface area (Å²) < 4.78 is 11.3. The van der Waals surface area contributed by atoms with Crippen molar-refractivity contribution in [2.45, 2.75) is 19.7 Å². The first-order valence-electron chi connectivity index (χ1n) is 7.28. The van der Waals surface area contributed by atoms with E-state index in [0.717, 1.165) is 11.3 Å². The van der Waals surface area contributed by atoms with Crippen LogP contribution in [0.4, 0.5) is 0 Å². The van der Waals surface area contributed by atoms with Gasteiger partial charge in [-0.25, -0.2) is 4.68 Å². The number of rotatable bonds is 6. The van der Waals surface area contributed by atoms with Crippen molar-refractivity contribution in [1.29, 1.82) is 0 Å². The highest BCUT2D eigenvalue weighted by Crippen LogP contribution is 2.45. The van der Waals surface area contributed by atoms with Gasteiger partial charge in [-0.15, -0.1) is 0 Å². The molecular formula is C15H20N2O3PS3-. The van der Waals surface area contributed by atoms with E-state index < -0.39 is 5.69 Å². The fraction of sp³-hybridized carbons (Fsp3) is 0.333. The van der Waals surface area contributed by atoms with Crippen molar-refractivity contribution < 1.29 is 9.05 Å². The van der Waals surface area contributed by atoms with Crippen LogP contribution in [0.15, 0.2) is 47.3 Å². The Labute approximate surface area is 158 Å². The molecule has 1 aromatic heterocycles. The SMILES string of the molecule is CCOP(=S)([S-])OCC.O=c1ccc(-c2ccccc2)nn1CS. The summed E-state index contributed by atoms with van der Waals surface area (Å²) in [5.41, 5.74) is -0.635. The normalized spacial score (nSPS) is 10.8. The monoisotopic (exact) mass is 403 g/mol. The molecule has 24 heavy (non-hydrogen) atoms. The Morgan fingerprint density at radius 2 is 1.75 bits per heavy atom. The summed E-state index contributed by atoms with van der Waals surface area (Å²) in [7, 11) is 0. The topological polar surface area (TPSA) is 53.4 Å². The highest BCUT2D eigenvalue weighted by Gasteiger charge is 2.00. The standard InChI is InChI=1S/C11H10N2OS.C4H11O2PS2/c14-11-7-6-10(12-13(11)8-15)9-4-2-1-3-5-9;1-3-5-7(8,9)6-4-2/h1-7,15H,8H2;3-4H2,1-2H3,(H,8,9)/p-1. The lowest BCUT2D eigenvalue weighted by atomic mass is 10.1. The van der Waals surface area contributed by atoms with Crippen molar-refractivity contribution >= 4 is 42.4 Å². The molecule has 0 N–H and O–H groups in total. The summed E-state index contributed by atoms with van der Waals surface area (Å²) in [6.07, 6.45) is 0. The Hall–Kier alpha value is -0.630. The van der Waals surface area contributed by atoms with Gasteiger partial charge in [-0.1, -0.05) is 42.1 Å². The molecule has 0 radical (unpaired) electrons. The molecule has 0 amide bonds. The first-order chi connectivity index (χ1) is 11.4. The molecule has 0 saturated carbocycles. The molecule has 0 saturated heterocycles. The molecule has 0 spiro atoms. The Morgan fingerprint density at radius 1 is 1.17 bits per heavy atom. The summed E-state index contributed by atoms with van der Waals surface area (Å²) in [6.45, 7) is 4.79. The lowest BCUT2D eigenvalue weighted by Crippen LogP contribution is -2.20. The molecule has 2 rings (SSSR count). The third-order valence-corrected chi connectivity index (χ3v) is 5.33. The maximum atomic E-state index is 11.3. The number of hydrogen-bond donors (Lipinski definition) is 1. The van der Waals surface area contributed by atoms with Gasteiger partial charge in [0.2, 0.25) is 0 Å². The number of benzene rings is 1. The second-order valence-electron chi connectivity index (χ2n) is 4.35. The fourth-order valence-electron chi connectivity index (χ4n) is 1.67. The number of aromatic nitrogens is 2. The molecule has 0 aliphatic heterocycles. The lowest BCUT2D eigenvalue weighted by Gasteiger charge is -2.26. The fourth-order valence-corrected chi connectivity index (χ4v) is 3.84. The Morgan fingerprint density at radius 3 is 2.25 bits per heavy atom. The Kier molecular flexibility index (Phi) is 9.88. The maximum absolute atomic E-state index is 11.3. The van der Waals surface area contributed by atoms with E-state index in [1.54, 1.807) is 6.07 Å². The molecule has 0 aliphatic rings. The van der Waals surface area contributed by atoms with Crippen LogP contribution < -0.4 is 5.56 Å². The van der Waals surface area contributed by atoms with Crippen LogP contribution in [0.3, 0.4) is 0 Å². The van der Waals surface area contributed by atoms with Crippen molar-refractivity contribution in [3.05, 3.63) is 52.8 Å². The first kappa shape index (κ1) is 21.4. The zero-order chi connectivity index (χ0) is 18.0. The van der Waals surface area contributed by atoms with Crippen LogP contribution in [0.25, 0.3) is 11.3 Å². The van der Waals surface area contributed by atoms with Gasteiger partial charge >= 0.3 is 0 Å². The molecular weight excluding hydrogens is 383 g/mol. The number of hydrogen-bond acceptors (Lipinski definition) is 7. The van der Waals surface area contributed by atoms with Gasteiger partial charge < -0.3 is 21.3 Å². The van der Waals surface area contributed by atoms with Crippen molar-refractivity contribution in [3.63, 3.8) is 0 Å². The molecule has 5 nitrogen and oxygen atoms in total. The summed E-state index contributed by atoms with van der Waals surface area (Å²) in [5, 5.41) is 4.19. The molecule has 1 heterocycles. The van der Waals surface area contributed by atoms with Crippen LogP contribution >= 0.6 is 18.3 Å². The zero-order valence-electron chi connectivity index (χ0n) is 13.5. The molecule has 0 unspecified atom stereocenters. The Bertz CT molecular complexity index is 715. The van der Waals surface area contributed by atoms with Crippen molar-refractivity contribution in [3.8, 4) is 11.3 Å². The van der Waals surface area contributed by atoms with E-state index in [0.29, 0.717) is 19.1 Å². The van der Waals surface area contributed by atoms with Gasteiger partial charge in [-0.05, 0) is 19.9 Å². The largest absolute Gasteiger partial charge is 0.691 e. The van der Waals surface area contributed by atoms with E-state index in [-0.39, 0.29) is 5.56 Å². The van der Waals surface area contributed by atoms with Crippen molar-refractivity contribution in [2.24, 2.45) is 0 Å². The molecule has 9 heteroatoms. The minimum atomic E-state index is -2.28. The molecule has 132 valence electrons. The lowest BCUT2D eigenvalue weighted by molar-refractivity contribution is 0.281. The van der Waals surface area contributed by atoms with E-state index in [9.17, 15) is 4.79 Å². The van der Waals surface area contributed by atoms with Gasteiger partial charge in [0.05, 0.1) is 17.3 Å². The Balaban J connectivity index is 0.000000277. The van der Waals surface area contributed by atoms with Crippen molar-refractivity contribution in [1.82, 2.24) is 9.78 Å². The van der Waals surface area contributed by atoms with Gasteiger partial charge in [0.1, 0.15) is 0 Å². The highest BCUT2D eigenvalue weighted by atomic mass is 32.9. The zero-order valence-corrected chi connectivity index (χ0v) is 16.9. The van der Waals surface area contributed by atoms with Gasteiger partial charge in [-0.3, -0.25) is 4.79 Å². The van der Waals surface area contributed by atoms with Crippen LogP contribution in [0, 0.1) is 0 Å². The van der Waals surface area contributed by atoms with E-state index in [4.69, 9.17) is 33.1 Å². The minimum absolute atomic E-state index is 0.135. The summed E-state index contributed by atoms with van der Waals surface area (Å²) >= 11 is 13.7. The second-order valence-corrected chi connectivity index (χ2v) is 9.62. The molecule has 0 aliphatic carbocycles. The minimum Gasteiger partial charge on any atom is -0.691 e. The molecule has 0 bridgehead atoms. The quantitative estimate of drug-likeness (QED) is 0.452. The predicted molar refractivity (Wildman–Crippen MR) is 108 cm³/mol. The van der Waals surface area contributed by atoms with Crippen molar-refractivity contribution in [2.75, 3.05) is 13.2 Å². The molecule has 2 aromatic rings. The van der Waals surface area contributed by atoms with Crippen LogP contribution in [0.1, 0.15) is 13.8 Å². The van der Waals surface area contributed by atoms with Gasteiger partial charge in [-0.2, -0.15) is 17.7 Å². The van der Waals surface area contributed by atoms with E-state index >= 15 is 0 Å². The second kappa shape index (κ2) is 11.1. The van der Waals surface area contributed by atoms with Gasteiger partial charge in [0.25, 0.3) is 5.56 Å². The third-order valence-electron chi connectivity index (χ3n) is 2.64. The third kappa shape index (κ3) is 7.51. The first-order valence-corrected chi connectivity index (χ1v) is 11.6. The van der Waals surface area contributed by atoms with Crippen LogP contribution in [-0.2, 0) is 39.0 Å². The van der Waals surface area contributed by atoms with E-state index in [2.05, 4.69) is 17.7 Å². The van der Waals surface area contributed by atoms with Crippen LogP contribution in [-0.4, -0.2) is 23.0 Å². The van der Waals surface area contributed by atoms with Gasteiger partial charge in [0.15, 0.2) is 0 Å². The smallest absolute Gasteiger partial charge is 0.267 e.